The molecule has 0 aromatic heterocycles. The van der Waals surface area contributed by atoms with Gasteiger partial charge in [-0.1, -0.05) is 0 Å². The first-order chi connectivity index (χ1) is 20.6. The number of hydrogen-bond acceptors (Lipinski definition) is 12. The third-order valence-corrected chi connectivity index (χ3v) is 10.2. The molecule has 3 N–H and O–H groups in total. The average Bonchev–Trinajstić information content (AvgIpc) is 3.36. The Hall–Kier alpha value is -1.07. The molecule has 43 heavy (non-hydrogen) atoms. The van der Waals surface area contributed by atoms with Gasteiger partial charge in [-0.15, -0.1) is 0 Å². The van der Waals surface area contributed by atoms with Gasteiger partial charge in [0.2, 0.25) is 17.7 Å². The van der Waals surface area contributed by atoms with Crippen LogP contribution in [0, 0.1) is 0 Å². The van der Waals surface area contributed by atoms with E-state index in [-0.39, 0.29) is 48.2 Å². The number of rotatable bonds is 11. The maximum atomic E-state index is 12.0. The van der Waals surface area contributed by atoms with Crippen molar-refractivity contribution in [3.8, 4) is 0 Å². The smallest absolute Gasteiger partial charge is 0.240 e. The van der Waals surface area contributed by atoms with Crippen molar-refractivity contribution < 1.29 is 23.9 Å². The molecule has 0 spiro atoms. The van der Waals surface area contributed by atoms with Gasteiger partial charge in [0, 0.05) is 80.9 Å². The fourth-order valence-corrected chi connectivity index (χ4v) is 7.53. The SMILES string of the molecule is CNC1CSCCN(CC(C)=O)C1=O.CNC1CSCCN(CCN(C)C)C1=O.CNC1CSCCN(CCOC)C1=O. The van der Waals surface area contributed by atoms with Gasteiger partial charge < -0.3 is 40.3 Å². The Labute approximate surface area is 271 Å². The number of likely N-dealkylation sites (N-methyl/N-ethyl adjacent to an activating group) is 4. The molecule has 3 aliphatic rings. The van der Waals surface area contributed by atoms with Crippen LogP contribution in [0.4, 0.5) is 0 Å². The number of amides is 3. The molecule has 3 atom stereocenters. The zero-order chi connectivity index (χ0) is 32.2. The molecule has 0 bridgehead atoms. The summed E-state index contributed by atoms with van der Waals surface area (Å²) in [6, 6.07) is -0.166. The van der Waals surface area contributed by atoms with Crippen LogP contribution in [0.2, 0.25) is 0 Å². The van der Waals surface area contributed by atoms with Crippen molar-refractivity contribution in [2.24, 2.45) is 0 Å². The first kappa shape index (κ1) is 40.0. The molecule has 3 rings (SSSR count). The number of methoxy groups -OCH3 is 1. The van der Waals surface area contributed by atoms with Gasteiger partial charge in [0.1, 0.15) is 5.78 Å². The van der Waals surface area contributed by atoms with E-state index in [0.29, 0.717) is 19.7 Å². The van der Waals surface area contributed by atoms with Gasteiger partial charge in [0.25, 0.3) is 0 Å². The molecule has 12 nitrogen and oxygen atoms in total. The fraction of sp³-hybridized carbons (Fsp3) is 0.857. The average molecular weight is 666 g/mol. The van der Waals surface area contributed by atoms with Gasteiger partial charge in [0.05, 0.1) is 31.3 Å². The van der Waals surface area contributed by atoms with Crippen molar-refractivity contribution in [2.45, 2.75) is 25.0 Å². The Bertz CT molecular complexity index is 843. The van der Waals surface area contributed by atoms with E-state index in [1.807, 2.05) is 61.5 Å². The molecular formula is C28H55N7O5S3. The number of thioether (sulfide) groups is 3. The van der Waals surface area contributed by atoms with Crippen LogP contribution in [0.5, 0.6) is 0 Å². The quantitative estimate of drug-likeness (QED) is 0.257. The molecule has 0 aromatic rings. The molecular weight excluding hydrogens is 611 g/mol. The molecule has 0 aromatic carbocycles. The van der Waals surface area contributed by atoms with E-state index in [4.69, 9.17) is 4.74 Å². The van der Waals surface area contributed by atoms with E-state index in [1.165, 1.54) is 6.92 Å². The summed E-state index contributed by atoms with van der Waals surface area (Å²) in [6.45, 7) is 7.26. The first-order valence-electron chi connectivity index (χ1n) is 14.8. The lowest BCUT2D eigenvalue weighted by molar-refractivity contribution is -0.135. The zero-order valence-electron chi connectivity index (χ0n) is 27.2. The summed E-state index contributed by atoms with van der Waals surface area (Å²) in [5, 5.41) is 9.11. The molecule has 0 saturated carbocycles. The lowest BCUT2D eigenvalue weighted by Gasteiger charge is -2.25. The summed E-state index contributed by atoms with van der Waals surface area (Å²) < 4.78 is 4.98. The lowest BCUT2D eigenvalue weighted by atomic mass is 10.2. The summed E-state index contributed by atoms with van der Waals surface area (Å²) in [6.07, 6.45) is 0. The van der Waals surface area contributed by atoms with Crippen LogP contribution in [0.15, 0.2) is 0 Å². The first-order valence-corrected chi connectivity index (χ1v) is 18.3. The van der Waals surface area contributed by atoms with Crippen molar-refractivity contribution >= 4 is 58.8 Å². The van der Waals surface area contributed by atoms with Crippen LogP contribution in [0.3, 0.4) is 0 Å². The molecule has 0 aliphatic carbocycles. The Morgan fingerprint density at radius 1 is 0.767 bits per heavy atom. The van der Waals surface area contributed by atoms with Gasteiger partial charge in [0.15, 0.2) is 0 Å². The number of ketones is 1. The fourth-order valence-electron chi connectivity index (χ4n) is 4.35. The van der Waals surface area contributed by atoms with E-state index in [2.05, 4.69) is 20.9 Å². The highest BCUT2D eigenvalue weighted by Crippen LogP contribution is 2.13. The molecule has 0 radical (unpaired) electrons. The van der Waals surface area contributed by atoms with Gasteiger partial charge in [-0.05, 0) is 42.2 Å². The topological polar surface area (TPSA) is 127 Å². The molecule has 3 aliphatic heterocycles. The Kier molecular flexibility index (Phi) is 21.6. The number of hydrogen-bond donors (Lipinski definition) is 3. The molecule has 3 amide bonds. The van der Waals surface area contributed by atoms with Gasteiger partial charge >= 0.3 is 0 Å². The number of ether oxygens (including phenoxy) is 1. The zero-order valence-corrected chi connectivity index (χ0v) is 29.6. The molecule has 250 valence electrons. The second kappa shape index (κ2) is 23.3. The predicted octanol–water partition coefficient (Wildman–Crippen LogP) is -0.754. The van der Waals surface area contributed by atoms with Crippen molar-refractivity contribution in [3.63, 3.8) is 0 Å². The number of nitrogens with zero attached hydrogens (tertiary/aromatic N) is 4. The van der Waals surface area contributed by atoms with Crippen molar-refractivity contribution in [2.75, 3.05) is 129 Å². The predicted molar refractivity (Wildman–Crippen MR) is 181 cm³/mol. The summed E-state index contributed by atoms with van der Waals surface area (Å²) in [7, 11) is 11.2. The second-order valence-electron chi connectivity index (χ2n) is 10.7. The maximum absolute atomic E-state index is 12.0. The monoisotopic (exact) mass is 665 g/mol. The minimum atomic E-state index is -0.137. The summed E-state index contributed by atoms with van der Waals surface area (Å²) >= 11 is 5.42. The van der Waals surface area contributed by atoms with E-state index < -0.39 is 0 Å². The minimum absolute atomic E-state index is 0.000313. The highest BCUT2D eigenvalue weighted by molar-refractivity contribution is 7.99. The van der Waals surface area contributed by atoms with Crippen LogP contribution in [0.1, 0.15) is 6.92 Å². The highest BCUT2D eigenvalue weighted by atomic mass is 32.2. The summed E-state index contributed by atoms with van der Waals surface area (Å²) in [5.74, 6) is 6.10. The van der Waals surface area contributed by atoms with E-state index in [9.17, 15) is 19.2 Å². The van der Waals surface area contributed by atoms with Crippen LogP contribution in [-0.4, -0.2) is 191 Å². The molecule has 15 heteroatoms. The molecule has 3 heterocycles. The Morgan fingerprint density at radius 2 is 1.16 bits per heavy atom. The lowest BCUT2D eigenvalue weighted by Crippen LogP contribution is -2.47. The van der Waals surface area contributed by atoms with E-state index in [1.54, 1.807) is 30.8 Å². The van der Waals surface area contributed by atoms with Crippen LogP contribution in [-0.2, 0) is 23.9 Å². The summed E-state index contributed by atoms with van der Waals surface area (Å²) in [4.78, 5) is 54.3. The Morgan fingerprint density at radius 3 is 1.53 bits per heavy atom. The Balaban J connectivity index is 0.000000323. The minimum Gasteiger partial charge on any atom is -0.383 e. The largest absolute Gasteiger partial charge is 0.383 e. The summed E-state index contributed by atoms with van der Waals surface area (Å²) in [5.41, 5.74) is 0. The van der Waals surface area contributed by atoms with Gasteiger partial charge in [-0.2, -0.15) is 35.3 Å². The van der Waals surface area contributed by atoms with Crippen molar-refractivity contribution in [1.29, 1.82) is 0 Å². The molecule has 3 fully saturated rings. The van der Waals surface area contributed by atoms with E-state index in [0.717, 1.165) is 60.7 Å². The standard InChI is InChI=1S/C10H21N3OS.C9H18N2O2S.C9H16N2O2S/c1-11-9-8-15-7-6-13(10(9)14)5-4-12(2)3;1-10-8-7-14-6-4-11(9(8)12)3-5-13-2;1-7(12)5-11-3-4-14-6-8(10-2)9(11)13/h9,11H,4-8H2,1-3H3;8,10H,3-7H2,1-2H3;8,10H,3-6H2,1-2H3. The van der Waals surface area contributed by atoms with Crippen molar-refractivity contribution in [3.05, 3.63) is 0 Å². The van der Waals surface area contributed by atoms with Crippen LogP contribution >= 0.6 is 35.3 Å². The van der Waals surface area contributed by atoms with Crippen LogP contribution in [0.25, 0.3) is 0 Å². The maximum Gasteiger partial charge on any atom is 0.240 e. The van der Waals surface area contributed by atoms with Gasteiger partial charge in [-0.3, -0.25) is 19.2 Å². The van der Waals surface area contributed by atoms with E-state index >= 15 is 0 Å². The number of nitrogens with one attached hydrogen (secondary N) is 3. The molecule has 3 saturated heterocycles. The molecule has 3 unspecified atom stereocenters. The number of Topliss-reactive ketones (excluding diaryl/α,β-unsaturated/α-hetero) is 1. The second-order valence-corrected chi connectivity index (χ2v) is 14.1. The number of carbonyl (C=O) groups excluding carboxylic acids is 4. The van der Waals surface area contributed by atoms with Crippen LogP contribution < -0.4 is 16.0 Å². The van der Waals surface area contributed by atoms with Gasteiger partial charge in [-0.25, -0.2) is 0 Å². The third kappa shape index (κ3) is 15.7. The van der Waals surface area contributed by atoms with Crippen molar-refractivity contribution in [1.82, 2.24) is 35.6 Å². The normalized spacial score (nSPS) is 23.5. The number of carbonyl (C=O) groups is 4. The highest BCUT2D eigenvalue weighted by Gasteiger charge is 2.27. The third-order valence-electron chi connectivity index (χ3n) is 7.04.